The summed E-state index contributed by atoms with van der Waals surface area (Å²) in [5.74, 6) is 0.623. The minimum absolute atomic E-state index is 0.146. The second kappa shape index (κ2) is 4.88. The van der Waals surface area contributed by atoms with E-state index >= 15 is 0 Å². The number of carboxylic acid groups (broad SMARTS) is 1. The molecule has 0 aromatic heterocycles. The van der Waals surface area contributed by atoms with Gasteiger partial charge in [-0.2, -0.15) is 11.8 Å². The number of rotatable bonds is 3. The van der Waals surface area contributed by atoms with Crippen molar-refractivity contribution in [3.63, 3.8) is 0 Å². The maximum Gasteiger partial charge on any atom is 0.329 e. The highest BCUT2D eigenvalue weighted by Crippen LogP contribution is 2.32. The minimum Gasteiger partial charge on any atom is -0.479 e. The van der Waals surface area contributed by atoms with Crippen molar-refractivity contribution in [2.45, 2.75) is 32.2 Å². The fourth-order valence-electron chi connectivity index (χ4n) is 2.14. The number of likely N-dealkylation sites (N-methyl/N-ethyl adjacent to an activating group) is 1. The van der Waals surface area contributed by atoms with Gasteiger partial charge in [0.2, 0.25) is 5.91 Å². The van der Waals surface area contributed by atoms with Crippen LogP contribution in [0.15, 0.2) is 0 Å². The molecule has 0 atom stereocenters. The zero-order chi connectivity index (χ0) is 11.5. The van der Waals surface area contributed by atoms with E-state index in [1.165, 1.54) is 11.8 Å². The molecule has 0 spiro atoms. The number of hydrogen-bond acceptors (Lipinski definition) is 3. The first-order valence-electron chi connectivity index (χ1n) is 5.14. The Balaban J connectivity index is 2.97. The van der Waals surface area contributed by atoms with Gasteiger partial charge < -0.3 is 10.0 Å². The Morgan fingerprint density at radius 3 is 2.27 bits per heavy atom. The van der Waals surface area contributed by atoms with E-state index in [0.29, 0.717) is 19.4 Å². The van der Waals surface area contributed by atoms with Crippen LogP contribution in [0.2, 0.25) is 0 Å². The summed E-state index contributed by atoms with van der Waals surface area (Å²) in [5, 5.41) is 9.34. The Hall–Kier alpha value is -0.710. The van der Waals surface area contributed by atoms with Crippen molar-refractivity contribution in [3.8, 4) is 0 Å². The Labute approximate surface area is 94.0 Å². The van der Waals surface area contributed by atoms with Crippen LogP contribution in [0.4, 0.5) is 0 Å². The fraction of sp³-hybridized carbons (Fsp3) is 0.800. The summed E-state index contributed by atoms with van der Waals surface area (Å²) in [7, 11) is 0. The summed E-state index contributed by atoms with van der Waals surface area (Å²) in [5.41, 5.74) is -0.953. The van der Waals surface area contributed by atoms with Gasteiger partial charge in [-0.25, -0.2) is 4.79 Å². The van der Waals surface area contributed by atoms with Gasteiger partial charge in [0.05, 0.1) is 0 Å². The first-order chi connectivity index (χ1) is 7.04. The van der Waals surface area contributed by atoms with Crippen molar-refractivity contribution in [1.29, 1.82) is 0 Å². The Morgan fingerprint density at radius 1 is 1.40 bits per heavy atom. The van der Waals surface area contributed by atoms with E-state index in [1.807, 2.05) is 6.92 Å². The molecule has 1 N–H and O–H groups in total. The highest BCUT2D eigenvalue weighted by molar-refractivity contribution is 7.99. The molecule has 4 nitrogen and oxygen atoms in total. The maximum absolute atomic E-state index is 11.4. The van der Waals surface area contributed by atoms with E-state index in [2.05, 4.69) is 0 Å². The summed E-state index contributed by atoms with van der Waals surface area (Å²) in [4.78, 5) is 24.3. The predicted molar refractivity (Wildman–Crippen MR) is 60.0 cm³/mol. The van der Waals surface area contributed by atoms with Gasteiger partial charge >= 0.3 is 5.97 Å². The molecule has 1 amide bonds. The van der Waals surface area contributed by atoms with Crippen LogP contribution in [0.3, 0.4) is 0 Å². The lowest BCUT2D eigenvalue weighted by Crippen LogP contribution is -2.58. The van der Waals surface area contributed by atoms with Gasteiger partial charge in [-0.05, 0) is 31.3 Å². The highest BCUT2D eigenvalue weighted by Gasteiger charge is 2.45. The van der Waals surface area contributed by atoms with Crippen molar-refractivity contribution in [2.24, 2.45) is 0 Å². The second-order valence-electron chi connectivity index (χ2n) is 3.71. The lowest BCUT2D eigenvalue weighted by atomic mass is 9.90. The molecule has 86 valence electrons. The smallest absolute Gasteiger partial charge is 0.329 e. The fourth-order valence-corrected chi connectivity index (χ4v) is 3.30. The number of carboxylic acids is 1. The van der Waals surface area contributed by atoms with Crippen LogP contribution in [-0.2, 0) is 9.59 Å². The van der Waals surface area contributed by atoms with E-state index in [-0.39, 0.29) is 5.91 Å². The van der Waals surface area contributed by atoms with Crippen LogP contribution in [-0.4, -0.2) is 45.5 Å². The number of hydrogen-bond donors (Lipinski definition) is 1. The van der Waals surface area contributed by atoms with Gasteiger partial charge in [-0.3, -0.25) is 4.79 Å². The zero-order valence-electron chi connectivity index (χ0n) is 9.15. The van der Waals surface area contributed by atoms with Gasteiger partial charge in [-0.15, -0.1) is 0 Å². The molecule has 0 aromatic rings. The standard InChI is InChI=1S/C10H17NO3S/c1-3-11(8(2)12)10(9(13)14)4-6-15-7-5-10/h3-7H2,1-2H3,(H,13,14). The van der Waals surface area contributed by atoms with E-state index in [9.17, 15) is 14.7 Å². The van der Waals surface area contributed by atoms with Gasteiger partial charge in [0, 0.05) is 13.5 Å². The van der Waals surface area contributed by atoms with Crippen molar-refractivity contribution >= 4 is 23.6 Å². The molecule has 1 rings (SSSR count). The van der Waals surface area contributed by atoms with Crippen LogP contribution >= 0.6 is 11.8 Å². The van der Waals surface area contributed by atoms with Crippen molar-refractivity contribution in [1.82, 2.24) is 4.90 Å². The SMILES string of the molecule is CCN(C(C)=O)C1(C(=O)O)CCSCC1. The van der Waals surface area contributed by atoms with Crippen molar-refractivity contribution in [3.05, 3.63) is 0 Å². The third kappa shape index (κ3) is 2.27. The molecule has 15 heavy (non-hydrogen) atoms. The average molecular weight is 231 g/mol. The predicted octanol–water partition coefficient (Wildman–Crippen LogP) is 1.21. The average Bonchev–Trinajstić information content (AvgIpc) is 2.19. The van der Waals surface area contributed by atoms with Gasteiger partial charge in [0.25, 0.3) is 0 Å². The number of carbonyl (C=O) groups excluding carboxylic acids is 1. The summed E-state index contributed by atoms with van der Waals surface area (Å²) in [6, 6.07) is 0. The molecule has 0 saturated carbocycles. The van der Waals surface area contributed by atoms with Gasteiger partial charge in [-0.1, -0.05) is 0 Å². The first-order valence-corrected chi connectivity index (χ1v) is 6.29. The highest BCUT2D eigenvalue weighted by atomic mass is 32.2. The normalized spacial score (nSPS) is 19.6. The van der Waals surface area contributed by atoms with Crippen LogP contribution in [0.5, 0.6) is 0 Å². The Morgan fingerprint density at radius 2 is 1.93 bits per heavy atom. The van der Waals surface area contributed by atoms with Gasteiger partial charge in [0.1, 0.15) is 5.54 Å². The lowest BCUT2D eigenvalue weighted by molar-refractivity contribution is -0.159. The molecule has 1 fully saturated rings. The molecular weight excluding hydrogens is 214 g/mol. The quantitative estimate of drug-likeness (QED) is 0.793. The molecular formula is C10H17NO3S. The third-order valence-corrected chi connectivity index (χ3v) is 3.92. The van der Waals surface area contributed by atoms with E-state index in [4.69, 9.17) is 0 Å². The molecule has 1 aliphatic rings. The Kier molecular flexibility index (Phi) is 4.02. The van der Waals surface area contributed by atoms with Crippen molar-refractivity contribution in [2.75, 3.05) is 18.1 Å². The zero-order valence-corrected chi connectivity index (χ0v) is 9.97. The molecule has 1 aliphatic heterocycles. The molecule has 5 heteroatoms. The van der Waals surface area contributed by atoms with E-state index in [1.54, 1.807) is 11.8 Å². The first kappa shape index (κ1) is 12.4. The molecule has 1 heterocycles. The number of aliphatic carboxylic acids is 1. The maximum atomic E-state index is 11.4. The number of amides is 1. The largest absolute Gasteiger partial charge is 0.479 e. The number of nitrogens with zero attached hydrogens (tertiary/aromatic N) is 1. The molecule has 0 radical (unpaired) electrons. The van der Waals surface area contributed by atoms with Crippen LogP contribution in [0.1, 0.15) is 26.7 Å². The number of carbonyl (C=O) groups is 2. The summed E-state index contributed by atoms with van der Waals surface area (Å²) in [6.07, 6.45) is 1.11. The van der Waals surface area contributed by atoms with Crippen LogP contribution in [0.25, 0.3) is 0 Å². The minimum atomic E-state index is -0.953. The molecule has 1 saturated heterocycles. The molecule has 0 unspecified atom stereocenters. The third-order valence-electron chi connectivity index (χ3n) is 2.93. The van der Waals surface area contributed by atoms with E-state index < -0.39 is 11.5 Å². The summed E-state index contributed by atoms with van der Waals surface area (Å²) >= 11 is 1.75. The van der Waals surface area contributed by atoms with Crippen LogP contribution < -0.4 is 0 Å². The number of thioether (sulfide) groups is 1. The molecule has 0 aromatic carbocycles. The lowest BCUT2D eigenvalue weighted by Gasteiger charge is -2.42. The molecule has 0 aliphatic carbocycles. The topological polar surface area (TPSA) is 57.6 Å². The molecule has 0 bridgehead atoms. The summed E-state index contributed by atoms with van der Waals surface area (Å²) < 4.78 is 0. The monoisotopic (exact) mass is 231 g/mol. The van der Waals surface area contributed by atoms with Crippen molar-refractivity contribution < 1.29 is 14.7 Å². The Bertz CT molecular complexity index is 261. The summed E-state index contributed by atoms with van der Waals surface area (Å²) in [6.45, 7) is 3.73. The van der Waals surface area contributed by atoms with E-state index in [0.717, 1.165) is 11.5 Å². The second-order valence-corrected chi connectivity index (χ2v) is 4.94. The van der Waals surface area contributed by atoms with Gasteiger partial charge in [0.15, 0.2) is 0 Å². The van der Waals surface area contributed by atoms with Crippen LogP contribution in [0, 0.1) is 0 Å².